The molecule has 11 heteroatoms. The Morgan fingerprint density at radius 2 is 1.62 bits per heavy atom. The molecule has 6 heterocycles. The van der Waals surface area contributed by atoms with E-state index in [4.69, 9.17) is 24.7 Å². The molecule has 0 bridgehead atoms. The van der Waals surface area contributed by atoms with E-state index in [1.807, 2.05) is 67.1 Å². The Labute approximate surface area is 242 Å². The highest BCUT2D eigenvalue weighted by Crippen LogP contribution is 2.28. The van der Waals surface area contributed by atoms with Crippen molar-refractivity contribution < 1.29 is 14.6 Å². The monoisotopic (exact) mass is 562 g/mol. The molecule has 0 saturated carbocycles. The molecule has 11 nitrogen and oxygen atoms in total. The lowest BCUT2D eigenvalue weighted by atomic mass is 10.2. The second kappa shape index (κ2) is 11.1. The van der Waals surface area contributed by atoms with Gasteiger partial charge in [0.1, 0.15) is 5.82 Å². The normalized spacial score (nSPS) is 16.1. The molecule has 2 fully saturated rings. The molecule has 0 spiro atoms. The van der Waals surface area contributed by atoms with Gasteiger partial charge in [-0.3, -0.25) is 4.40 Å². The molecule has 1 amide bonds. The molecule has 212 valence electrons. The van der Waals surface area contributed by atoms with E-state index in [0.717, 1.165) is 63.9 Å². The van der Waals surface area contributed by atoms with Gasteiger partial charge < -0.3 is 24.5 Å². The van der Waals surface area contributed by atoms with E-state index in [0.29, 0.717) is 39.4 Å². The SMILES string of the molecule is O=C(O)N1CCN(c2ccc(-c3cnc(N4CCOCC4)c4nc(/C=C/c5ccc6ccccc6n5)cn34)cn2)CC1. The number of carbonyl (C=O) groups is 1. The van der Waals surface area contributed by atoms with Gasteiger partial charge >= 0.3 is 6.09 Å². The van der Waals surface area contributed by atoms with Crippen LogP contribution in [0.15, 0.2) is 67.1 Å². The number of amides is 1. The molecule has 7 rings (SSSR count). The fourth-order valence-electron chi connectivity index (χ4n) is 5.47. The van der Waals surface area contributed by atoms with Crippen molar-refractivity contribution in [1.29, 1.82) is 0 Å². The van der Waals surface area contributed by atoms with E-state index in [2.05, 4.69) is 26.3 Å². The minimum atomic E-state index is -0.877. The maximum absolute atomic E-state index is 11.3. The lowest BCUT2D eigenvalue weighted by Crippen LogP contribution is -2.48. The van der Waals surface area contributed by atoms with Crippen molar-refractivity contribution in [3.05, 3.63) is 78.5 Å². The fourth-order valence-corrected chi connectivity index (χ4v) is 5.47. The van der Waals surface area contributed by atoms with Crippen molar-refractivity contribution in [1.82, 2.24) is 29.2 Å². The second-order valence-electron chi connectivity index (χ2n) is 10.3. The van der Waals surface area contributed by atoms with Gasteiger partial charge in [0, 0.05) is 62.6 Å². The summed E-state index contributed by atoms with van der Waals surface area (Å²) in [5, 5.41) is 10.3. The van der Waals surface area contributed by atoms with Crippen LogP contribution in [-0.2, 0) is 4.74 Å². The van der Waals surface area contributed by atoms with E-state index in [-0.39, 0.29) is 0 Å². The number of pyridine rings is 2. The molecule has 5 aromatic rings. The van der Waals surface area contributed by atoms with E-state index in [1.165, 1.54) is 4.90 Å². The van der Waals surface area contributed by atoms with Gasteiger partial charge in [0.15, 0.2) is 11.5 Å². The average Bonchev–Trinajstić information content (AvgIpc) is 3.48. The summed E-state index contributed by atoms with van der Waals surface area (Å²) in [5.41, 5.74) is 5.19. The fraction of sp³-hybridized carbons (Fsp3) is 0.258. The molecule has 0 aliphatic carbocycles. The van der Waals surface area contributed by atoms with Crippen molar-refractivity contribution in [2.45, 2.75) is 0 Å². The Morgan fingerprint density at radius 1 is 0.810 bits per heavy atom. The third-order valence-electron chi connectivity index (χ3n) is 7.77. The number of aromatic nitrogens is 5. The first kappa shape index (κ1) is 25.9. The number of para-hydroxylation sites is 1. The van der Waals surface area contributed by atoms with Crippen molar-refractivity contribution in [2.24, 2.45) is 0 Å². The number of carboxylic acid groups (broad SMARTS) is 1. The highest BCUT2D eigenvalue weighted by atomic mass is 16.5. The first-order valence-electron chi connectivity index (χ1n) is 14.1. The summed E-state index contributed by atoms with van der Waals surface area (Å²) in [7, 11) is 0. The number of anilines is 2. The summed E-state index contributed by atoms with van der Waals surface area (Å²) in [6.07, 6.45) is 8.83. The van der Waals surface area contributed by atoms with Gasteiger partial charge in [-0.2, -0.15) is 0 Å². The van der Waals surface area contributed by atoms with Crippen LogP contribution in [0.5, 0.6) is 0 Å². The van der Waals surface area contributed by atoms with Crippen LogP contribution < -0.4 is 9.80 Å². The zero-order chi connectivity index (χ0) is 28.5. The van der Waals surface area contributed by atoms with Crippen LogP contribution in [0.1, 0.15) is 11.4 Å². The highest BCUT2D eigenvalue weighted by molar-refractivity contribution is 5.81. The molecule has 2 aliphatic heterocycles. The zero-order valence-corrected chi connectivity index (χ0v) is 23.0. The lowest BCUT2D eigenvalue weighted by Gasteiger charge is -2.33. The van der Waals surface area contributed by atoms with Crippen molar-refractivity contribution in [2.75, 3.05) is 62.3 Å². The molecule has 0 unspecified atom stereocenters. The van der Waals surface area contributed by atoms with Gasteiger partial charge in [0.25, 0.3) is 0 Å². The van der Waals surface area contributed by atoms with E-state index in [1.54, 1.807) is 0 Å². The number of hydrogen-bond acceptors (Lipinski definition) is 8. The topological polar surface area (TPSA) is 112 Å². The van der Waals surface area contributed by atoms with Crippen molar-refractivity contribution in [3.8, 4) is 11.3 Å². The number of hydrogen-bond donors (Lipinski definition) is 1. The van der Waals surface area contributed by atoms with Crippen LogP contribution in [0, 0.1) is 0 Å². The summed E-state index contributed by atoms with van der Waals surface area (Å²) in [6, 6.07) is 16.2. The summed E-state index contributed by atoms with van der Waals surface area (Å²) < 4.78 is 7.65. The number of benzene rings is 1. The van der Waals surface area contributed by atoms with Crippen LogP contribution in [0.3, 0.4) is 0 Å². The average molecular weight is 563 g/mol. The predicted octanol–water partition coefficient (Wildman–Crippen LogP) is 4.15. The summed E-state index contributed by atoms with van der Waals surface area (Å²) in [4.78, 5) is 36.3. The lowest BCUT2D eigenvalue weighted by molar-refractivity contribution is 0.122. The maximum atomic E-state index is 11.3. The van der Waals surface area contributed by atoms with Crippen LogP contribution in [-0.4, -0.2) is 92.9 Å². The molecule has 4 aromatic heterocycles. The Balaban J connectivity index is 1.21. The molecule has 0 radical (unpaired) electrons. The minimum Gasteiger partial charge on any atom is -0.465 e. The minimum absolute atomic E-state index is 0.465. The van der Waals surface area contributed by atoms with Gasteiger partial charge in [0.2, 0.25) is 0 Å². The van der Waals surface area contributed by atoms with Gasteiger partial charge in [-0.05, 0) is 36.4 Å². The Hall–Kier alpha value is -5.03. The predicted molar refractivity (Wildman–Crippen MR) is 162 cm³/mol. The number of nitrogens with zero attached hydrogens (tertiary/aromatic N) is 8. The number of piperazine rings is 1. The number of fused-ring (bicyclic) bond motifs is 2. The Morgan fingerprint density at radius 3 is 2.40 bits per heavy atom. The van der Waals surface area contributed by atoms with Gasteiger partial charge in [-0.1, -0.05) is 24.3 Å². The van der Waals surface area contributed by atoms with Gasteiger partial charge in [-0.25, -0.2) is 24.7 Å². The molecular weight excluding hydrogens is 532 g/mol. The maximum Gasteiger partial charge on any atom is 0.407 e. The number of imidazole rings is 1. The number of rotatable bonds is 5. The van der Waals surface area contributed by atoms with Crippen molar-refractivity contribution >= 4 is 46.4 Å². The Bertz CT molecular complexity index is 1770. The standard InChI is InChI=1S/C31H30N8O3/c40-31(41)38-13-11-36(12-14-38)28-10-6-23(19-32-28)27-20-33-29(37-15-17-42-18-16-37)30-35-25(21-39(27)30)9-8-24-7-5-22-3-1-2-4-26(22)34-24/h1-10,19-21H,11-18H2,(H,40,41)/b9-8+. The second-order valence-corrected chi connectivity index (χ2v) is 10.3. The summed E-state index contributed by atoms with van der Waals surface area (Å²) in [6.45, 7) is 4.98. The van der Waals surface area contributed by atoms with Crippen LogP contribution in [0.2, 0.25) is 0 Å². The zero-order valence-electron chi connectivity index (χ0n) is 23.0. The molecule has 0 atom stereocenters. The first-order valence-corrected chi connectivity index (χ1v) is 14.1. The molecule has 1 aromatic carbocycles. The smallest absolute Gasteiger partial charge is 0.407 e. The van der Waals surface area contributed by atoms with Gasteiger partial charge in [-0.15, -0.1) is 0 Å². The van der Waals surface area contributed by atoms with Crippen LogP contribution in [0.25, 0.3) is 40.0 Å². The molecule has 1 N–H and O–H groups in total. The molecule has 2 aliphatic rings. The third kappa shape index (κ3) is 5.10. The number of morpholine rings is 1. The van der Waals surface area contributed by atoms with E-state index < -0.39 is 6.09 Å². The molecule has 42 heavy (non-hydrogen) atoms. The Kier molecular flexibility index (Phi) is 6.84. The highest BCUT2D eigenvalue weighted by Gasteiger charge is 2.22. The first-order chi connectivity index (χ1) is 20.6. The largest absolute Gasteiger partial charge is 0.465 e. The van der Waals surface area contributed by atoms with Crippen LogP contribution >= 0.6 is 0 Å². The van der Waals surface area contributed by atoms with Crippen molar-refractivity contribution in [3.63, 3.8) is 0 Å². The van der Waals surface area contributed by atoms with E-state index >= 15 is 0 Å². The number of ether oxygens (including phenoxy) is 1. The third-order valence-corrected chi connectivity index (χ3v) is 7.77. The van der Waals surface area contributed by atoms with Gasteiger partial charge in [0.05, 0.1) is 42.0 Å². The summed E-state index contributed by atoms with van der Waals surface area (Å²) >= 11 is 0. The molecule has 2 saturated heterocycles. The molecular formula is C31H30N8O3. The summed E-state index contributed by atoms with van der Waals surface area (Å²) in [5.74, 6) is 1.65. The van der Waals surface area contributed by atoms with Crippen LogP contribution in [0.4, 0.5) is 16.4 Å². The quantitative estimate of drug-likeness (QED) is 0.338. The van der Waals surface area contributed by atoms with E-state index in [9.17, 15) is 9.90 Å².